The Morgan fingerprint density at radius 1 is 1.11 bits per heavy atom. The summed E-state index contributed by atoms with van der Waals surface area (Å²) in [4.78, 5) is 18.4. The number of amides is 1. The molecule has 36 heavy (non-hydrogen) atoms. The highest BCUT2D eigenvalue weighted by molar-refractivity contribution is 5.97. The first-order valence-corrected chi connectivity index (χ1v) is 12.3. The monoisotopic (exact) mass is 491 g/mol. The van der Waals surface area contributed by atoms with E-state index in [-0.39, 0.29) is 18.1 Å². The van der Waals surface area contributed by atoms with E-state index in [1.807, 2.05) is 76.2 Å². The minimum atomic E-state index is -1.10. The number of aromatic nitrogens is 1. The van der Waals surface area contributed by atoms with Crippen LogP contribution in [0.2, 0.25) is 0 Å². The van der Waals surface area contributed by atoms with Crippen LogP contribution in [0.5, 0.6) is 5.75 Å². The third kappa shape index (κ3) is 6.67. The van der Waals surface area contributed by atoms with Crippen LogP contribution in [-0.2, 0) is 0 Å². The zero-order chi connectivity index (χ0) is 26.4. The minimum Gasteiger partial charge on any atom is -0.490 e. The summed E-state index contributed by atoms with van der Waals surface area (Å²) in [6.07, 6.45) is 0.176. The van der Waals surface area contributed by atoms with E-state index >= 15 is 0 Å². The smallest absolute Gasteiger partial charge is 0.257 e. The highest BCUT2D eigenvalue weighted by Gasteiger charge is 2.23. The van der Waals surface area contributed by atoms with Gasteiger partial charge in [-0.05, 0) is 64.6 Å². The van der Waals surface area contributed by atoms with Crippen LogP contribution in [0.1, 0.15) is 62.0 Å². The highest BCUT2D eigenvalue weighted by atomic mass is 16.5. The Kier molecular flexibility index (Phi) is 9.16. The molecule has 0 saturated heterocycles. The summed E-state index contributed by atoms with van der Waals surface area (Å²) < 4.78 is 5.86. The number of nitrogens with zero attached hydrogens (tertiary/aromatic N) is 1. The molecule has 4 N–H and O–H groups in total. The summed E-state index contributed by atoms with van der Waals surface area (Å²) in [7, 11) is 1.90. The lowest BCUT2D eigenvalue weighted by Gasteiger charge is -2.24. The van der Waals surface area contributed by atoms with Gasteiger partial charge in [-0.15, -0.1) is 0 Å². The molecule has 3 aromatic rings. The first kappa shape index (κ1) is 27.3. The van der Waals surface area contributed by atoms with Crippen molar-refractivity contribution in [3.05, 3.63) is 65.4 Å². The number of fused-ring (bicyclic) bond motifs is 1. The number of aromatic amines is 1. The van der Waals surface area contributed by atoms with E-state index in [1.165, 1.54) is 0 Å². The summed E-state index contributed by atoms with van der Waals surface area (Å²) in [6, 6.07) is 13.1. The summed E-state index contributed by atoms with van der Waals surface area (Å²) in [5, 5.41) is 24.4. The summed E-state index contributed by atoms with van der Waals surface area (Å²) in [5.74, 6) is 5.84. The van der Waals surface area contributed by atoms with Crippen LogP contribution in [0.4, 0.5) is 0 Å². The number of benzene rings is 2. The third-order valence-electron chi connectivity index (χ3n) is 6.41. The molecule has 1 amide bonds. The van der Waals surface area contributed by atoms with E-state index in [1.54, 1.807) is 19.1 Å². The summed E-state index contributed by atoms with van der Waals surface area (Å²) >= 11 is 0. The Bertz CT molecular complexity index is 1240. The average Bonchev–Trinajstić information content (AvgIpc) is 3.27. The SMILES string of the molecule is CC(C)Oc1ccc(C#CCN(C)[C@H](C)[C@@H](C)O)cc1C(=O)N[C@H](O)C(C)c1c[nH]c2ccccc12. The van der Waals surface area contributed by atoms with Gasteiger partial charge in [0.2, 0.25) is 0 Å². The Hall–Kier alpha value is -3.31. The van der Waals surface area contributed by atoms with Crippen molar-refractivity contribution in [2.75, 3.05) is 13.6 Å². The lowest BCUT2D eigenvalue weighted by molar-refractivity contribution is 0.0723. The number of nitrogens with one attached hydrogen (secondary N) is 2. The second-order valence-electron chi connectivity index (χ2n) is 9.57. The number of H-pyrrole nitrogens is 1. The van der Waals surface area contributed by atoms with E-state index in [2.05, 4.69) is 22.1 Å². The molecule has 192 valence electrons. The number of aliphatic hydroxyl groups excluding tert-OH is 2. The molecule has 7 nitrogen and oxygen atoms in total. The Balaban J connectivity index is 1.79. The number of aliphatic hydroxyl groups is 2. The van der Waals surface area contributed by atoms with Crippen molar-refractivity contribution in [3.8, 4) is 17.6 Å². The molecule has 0 aliphatic rings. The van der Waals surface area contributed by atoms with Crippen molar-refractivity contribution < 1.29 is 19.7 Å². The molecule has 0 radical (unpaired) electrons. The van der Waals surface area contributed by atoms with Gasteiger partial charge in [0.05, 0.1) is 24.3 Å². The number of carbonyl (C=O) groups excluding carboxylic acids is 1. The molecule has 2 aromatic carbocycles. The normalized spacial score (nSPS) is 14.7. The van der Waals surface area contributed by atoms with Gasteiger partial charge in [-0.25, -0.2) is 0 Å². The molecular weight excluding hydrogens is 454 g/mol. The van der Waals surface area contributed by atoms with Gasteiger partial charge in [0.15, 0.2) is 0 Å². The van der Waals surface area contributed by atoms with E-state index in [9.17, 15) is 15.0 Å². The predicted octanol–water partition coefficient (Wildman–Crippen LogP) is 3.86. The van der Waals surface area contributed by atoms with Crippen LogP contribution < -0.4 is 10.1 Å². The van der Waals surface area contributed by atoms with E-state index in [0.29, 0.717) is 23.4 Å². The predicted molar refractivity (Wildman–Crippen MR) is 143 cm³/mol. The molecule has 1 aromatic heterocycles. The molecular formula is C29H37N3O4. The number of para-hydroxylation sites is 1. The van der Waals surface area contributed by atoms with Crippen LogP contribution in [0.25, 0.3) is 10.9 Å². The van der Waals surface area contributed by atoms with Gasteiger partial charge in [-0.1, -0.05) is 37.0 Å². The first-order valence-electron chi connectivity index (χ1n) is 12.3. The maximum Gasteiger partial charge on any atom is 0.257 e. The number of hydrogen-bond acceptors (Lipinski definition) is 5. The van der Waals surface area contributed by atoms with Crippen LogP contribution in [-0.4, -0.2) is 64.1 Å². The molecule has 4 atom stereocenters. The van der Waals surface area contributed by atoms with Gasteiger partial charge in [-0.2, -0.15) is 0 Å². The molecule has 1 unspecified atom stereocenters. The third-order valence-corrected chi connectivity index (χ3v) is 6.41. The number of rotatable bonds is 9. The quantitative estimate of drug-likeness (QED) is 0.269. The average molecular weight is 492 g/mol. The molecule has 0 saturated carbocycles. The highest BCUT2D eigenvalue weighted by Crippen LogP contribution is 2.28. The molecule has 0 aliphatic carbocycles. The zero-order valence-corrected chi connectivity index (χ0v) is 21.9. The Morgan fingerprint density at radius 2 is 1.83 bits per heavy atom. The standard InChI is InChI=1S/C29H37N3O4/c1-18(2)36-27-14-13-22(10-9-15-32(6)20(4)21(5)33)16-24(27)29(35)31-28(34)19(3)25-17-30-26-12-8-7-11-23(25)26/h7-8,11-14,16-21,28,30,33-34H,15H2,1-6H3,(H,31,35)/t19?,20-,21-,28-/m1/s1. The largest absolute Gasteiger partial charge is 0.490 e. The molecule has 0 bridgehead atoms. The Morgan fingerprint density at radius 3 is 2.53 bits per heavy atom. The fourth-order valence-electron chi connectivity index (χ4n) is 3.90. The van der Waals surface area contributed by atoms with E-state index in [4.69, 9.17) is 4.74 Å². The van der Waals surface area contributed by atoms with Crippen LogP contribution in [0.3, 0.4) is 0 Å². The maximum atomic E-state index is 13.3. The number of likely N-dealkylation sites (N-methyl/N-ethyl adjacent to an activating group) is 1. The van der Waals surface area contributed by atoms with Gasteiger partial charge >= 0.3 is 0 Å². The number of hydrogen-bond donors (Lipinski definition) is 4. The topological polar surface area (TPSA) is 97.8 Å². The zero-order valence-electron chi connectivity index (χ0n) is 21.9. The number of carbonyl (C=O) groups is 1. The van der Waals surface area contributed by atoms with E-state index < -0.39 is 18.2 Å². The van der Waals surface area contributed by atoms with Gasteiger partial charge in [0, 0.05) is 34.6 Å². The van der Waals surface area contributed by atoms with Gasteiger partial charge in [0.1, 0.15) is 12.0 Å². The van der Waals surface area contributed by atoms with Crippen molar-refractivity contribution in [2.45, 2.75) is 65.0 Å². The van der Waals surface area contributed by atoms with Gasteiger partial charge < -0.3 is 25.3 Å². The molecule has 0 spiro atoms. The molecule has 1 heterocycles. The van der Waals surface area contributed by atoms with Gasteiger partial charge in [0.25, 0.3) is 5.91 Å². The lowest BCUT2D eigenvalue weighted by atomic mass is 9.98. The summed E-state index contributed by atoms with van der Waals surface area (Å²) in [5.41, 5.74) is 2.87. The first-order chi connectivity index (χ1) is 17.1. The van der Waals surface area contributed by atoms with E-state index in [0.717, 1.165) is 16.5 Å². The second-order valence-corrected chi connectivity index (χ2v) is 9.57. The molecule has 0 fully saturated rings. The summed E-state index contributed by atoms with van der Waals surface area (Å²) in [6.45, 7) is 9.82. The second kappa shape index (κ2) is 12.1. The molecule has 0 aliphatic heterocycles. The molecule has 7 heteroatoms. The lowest BCUT2D eigenvalue weighted by Crippen LogP contribution is -2.38. The van der Waals surface area contributed by atoms with Crippen molar-refractivity contribution >= 4 is 16.8 Å². The number of ether oxygens (including phenoxy) is 1. The van der Waals surface area contributed by atoms with Crippen molar-refractivity contribution in [2.24, 2.45) is 0 Å². The van der Waals surface area contributed by atoms with Crippen LogP contribution in [0, 0.1) is 11.8 Å². The fourth-order valence-corrected chi connectivity index (χ4v) is 3.90. The van der Waals surface area contributed by atoms with Gasteiger partial charge in [-0.3, -0.25) is 9.69 Å². The van der Waals surface area contributed by atoms with Crippen LogP contribution >= 0.6 is 0 Å². The maximum absolute atomic E-state index is 13.3. The van der Waals surface area contributed by atoms with Crippen molar-refractivity contribution in [1.82, 2.24) is 15.2 Å². The Labute approximate surface area is 213 Å². The molecule has 3 rings (SSSR count). The fraction of sp³-hybridized carbons (Fsp3) is 0.414. The van der Waals surface area contributed by atoms with Crippen molar-refractivity contribution in [3.63, 3.8) is 0 Å². The van der Waals surface area contributed by atoms with Crippen molar-refractivity contribution in [1.29, 1.82) is 0 Å². The minimum absolute atomic E-state index is 0.0249. The van der Waals surface area contributed by atoms with Crippen LogP contribution in [0.15, 0.2) is 48.7 Å².